The third-order valence-electron chi connectivity index (χ3n) is 5.33. The summed E-state index contributed by atoms with van der Waals surface area (Å²) in [5.41, 5.74) is 2.09. The number of benzene rings is 2. The van der Waals surface area contributed by atoms with Crippen LogP contribution in [-0.2, 0) is 11.3 Å². The van der Waals surface area contributed by atoms with Crippen molar-refractivity contribution in [1.29, 1.82) is 0 Å². The van der Waals surface area contributed by atoms with Gasteiger partial charge in [-0.3, -0.25) is 14.6 Å². The van der Waals surface area contributed by atoms with Crippen LogP contribution < -0.4 is 14.8 Å². The molecular formula is C23H29N3O3. The monoisotopic (exact) mass is 395 g/mol. The Hall–Kier alpha value is -2.57. The van der Waals surface area contributed by atoms with Gasteiger partial charge in [-0.15, -0.1) is 0 Å². The fourth-order valence-electron chi connectivity index (χ4n) is 3.83. The molecule has 0 saturated carbocycles. The number of nitrogens with one attached hydrogen (secondary N) is 1. The van der Waals surface area contributed by atoms with Gasteiger partial charge in [0.15, 0.2) is 11.5 Å². The van der Waals surface area contributed by atoms with Gasteiger partial charge < -0.3 is 14.8 Å². The fraction of sp³-hybridized carbons (Fsp3) is 0.435. The normalized spacial score (nSPS) is 17.9. The zero-order chi connectivity index (χ0) is 19.9. The lowest BCUT2D eigenvalue weighted by Crippen LogP contribution is -2.36. The molecular weight excluding hydrogens is 366 g/mol. The van der Waals surface area contributed by atoms with E-state index in [1.165, 1.54) is 5.56 Å². The summed E-state index contributed by atoms with van der Waals surface area (Å²) in [5, 5.41) is 3.00. The van der Waals surface area contributed by atoms with Crippen molar-refractivity contribution in [2.75, 3.05) is 51.3 Å². The SMILES string of the molecule is O=C(CN1CCCN(Cc2ccccc2)CC1)Nc1ccc2c(c1)OCCCO2. The second-order valence-electron chi connectivity index (χ2n) is 7.65. The first-order valence-corrected chi connectivity index (χ1v) is 10.4. The lowest BCUT2D eigenvalue weighted by Gasteiger charge is -2.21. The molecule has 1 fully saturated rings. The molecule has 1 N–H and O–H groups in total. The van der Waals surface area contributed by atoms with Crippen LogP contribution >= 0.6 is 0 Å². The summed E-state index contributed by atoms with van der Waals surface area (Å²) in [4.78, 5) is 17.3. The van der Waals surface area contributed by atoms with E-state index in [1.54, 1.807) is 0 Å². The first kappa shape index (κ1) is 19.7. The second kappa shape index (κ2) is 9.76. The molecule has 2 aromatic rings. The number of carbonyl (C=O) groups is 1. The predicted molar refractivity (Wildman–Crippen MR) is 113 cm³/mol. The van der Waals surface area contributed by atoms with Crippen LogP contribution in [-0.4, -0.2) is 61.6 Å². The average Bonchev–Trinajstić information content (AvgIpc) is 3.09. The first-order valence-electron chi connectivity index (χ1n) is 10.4. The van der Waals surface area contributed by atoms with Crippen molar-refractivity contribution in [2.45, 2.75) is 19.4 Å². The quantitative estimate of drug-likeness (QED) is 0.844. The molecule has 2 heterocycles. The molecule has 0 spiro atoms. The van der Waals surface area contributed by atoms with Crippen molar-refractivity contribution in [3.05, 3.63) is 54.1 Å². The van der Waals surface area contributed by atoms with E-state index in [0.29, 0.717) is 25.5 Å². The number of fused-ring (bicyclic) bond motifs is 1. The van der Waals surface area contributed by atoms with Crippen LogP contribution in [0.5, 0.6) is 11.5 Å². The van der Waals surface area contributed by atoms with Crippen molar-refractivity contribution in [2.24, 2.45) is 0 Å². The van der Waals surface area contributed by atoms with Crippen LogP contribution in [0.25, 0.3) is 0 Å². The van der Waals surface area contributed by atoms with E-state index in [4.69, 9.17) is 9.47 Å². The van der Waals surface area contributed by atoms with Gasteiger partial charge in [0, 0.05) is 37.8 Å². The number of hydrogen-bond acceptors (Lipinski definition) is 5. The second-order valence-corrected chi connectivity index (χ2v) is 7.65. The Morgan fingerprint density at radius 1 is 0.862 bits per heavy atom. The molecule has 6 heteroatoms. The molecule has 29 heavy (non-hydrogen) atoms. The van der Waals surface area contributed by atoms with E-state index in [9.17, 15) is 4.79 Å². The number of rotatable bonds is 5. The smallest absolute Gasteiger partial charge is 0.238 e. The van der Waals surface area contributed by atoms with Crippen LogP contribution in [0.2, 0.25) is 0 Å². The Morgan fingerprint density at radius 2 is 1.62 bits per heavy atom. The topological polar surface area (TPSA) is 54.0 Å². The molecule has 1 saturated heterocycles. The van der Waals surface area contributed by atoms with Gasteiger partial charge in [0.05, 0.1) is 19.8 Å². The van der Waals surface area contributed by atoms with Gasteiger partial charge in [-0.05, 0) is 37.2 Å². The zero-order valence-electron chi connectivity index (χ0n) is 16.8. The summed E-state index contributed by atoms with van der Waals surface area (Å²) < 4.78 is 11.4. The number of amides is 1. The molecule has 0 aromatic heterocycles. The number of carbonyl (C=O) groups excluding carboxylic acids is 1. The molecule has 4 rings (SSSR count). The molecule has 2 aromatic carbocycles. The molecule has 1 amide bonds. The van der Waals surface area contributed by atoms with Crippen molar-refractivity contribution in [3.8, 4) is 11.5 Å². The minimum Gasteiger partial charge on any atom is -0.490 e. The van der Waals surface area contributed by atoms with Gasteiger partial charge >= 0.3 is 0 Å². The Labute approximate surface area is 172 Å². The summed E-state index contributed by atoms with van der Waals surface area (Å²) in [5.74, 6) is 1.45. The molecule has 0 radical (unpaired) electrons. The molecule has 6 nitrogen and oxygen atoms in total. The summed E-state index contributed by atoms with van der Waals surface area (Å²) in [6.45, 7) is 6.57. The molecule has 154 valence electrons. The standard InChI is InChI=1S/C23H29N3O3/c27-23(24-20-8-9-21-22(16-20)29-15-5-14-28-21)18-26-11-4-10-25(12-13-26)17-19-6-2-1-3-7-19/h1-3,6-9,16H,4-5,10-15,17-18H2,(H,24,27). The Kier molecular flexibility index (Phi) is 6.64. The van der Waals surface area contributed by atoms with E-state index in [-0.39, 0.29) is 5.91 Å². The lowest BCUT2D eigenvalue weighted by atomic mass is 10.2. The number of ether oxygens (including phenoxy) is 2. The van der Waals surface area contributed by atoms with Crippen LogP contribution in [0.4, 0.5) is 5.69 Å². The van der Waals surface area contributed by atoms with Crippen molar-refractivity contribution >= 4 is 11.6 Å². The van der Waals surface area contributed by atoms with Crippen molar-refractivity contribution < 1.29 is 14.3 Å². The van der Waals surface area contributed by atoms with Gasteiger partial charge in [0.1, 0.15) is 0 Å². The fourth-order valence-corrected chi connectivity index (χ4v) is 3.83. The maximum Gasteiger partial charge on any atom is 0.238 e. The van der Waals surface area contributed by atoms with Crippen LogP contribution in [0.15, 0.2) is 48.5 Å². The zero-order valence-corrected chi connectivity index (χ0v) is 16.8. The molecule has 0 bridgehead atoms. The maximum atomic E-state index is 12.6. The van der Waals surface area contributed by atoms with Crippen molar-refractivity contribution in [1.82, 2.24) is 9.80 Å². The minimum absolute atomic E-state index is 0.0102. The molecule has 2 aliphatic heterocycles. The highest BCUT2D eigenvalue weighted by molar-refractivity contribution is 5.92. The van der Waals surface area contributed by atoms with E-state index in [1.807, 2.05) is 18.2 Å². The average molecular weight is 396 g/mol. The van der Waals surface area contributed by atoms with Crippen LogP contribution in [0.3, 0.4) is 0 Å². The van der Waals surface area contributed by atoms with Gasteiger partial charge in [0.2, 0.25) is 5.91 Å². The Morgan fingerprint density at radius 3 is 2.48 bits per heavy atom. The van der Waals surface area contributed by atoms with E-state index in [0.717, 1.165) is 57.0 Å². The summed E-state index contributed by atoms with van der Waals surface area (Å²) in [6, 6.07) is 16.2. The van der Waals surface area contributed by atoms with Gasteiger partial charge in [0.25, 0.3) is 0 Å². The minimum atomic E-state index is 0.0102. The Balaban J connectivity index is 1.27. The molecule has 2 aliphatic rings. The highest BCUT2D eigenvalue weighted by Gasteiger charge is 2.18. The highest BCUT2D eigenvalue weighted by Crippen LogP contribution is 2.32. The van der Waals surface area contributed by atoms with Crippen LogP contribution in [0.1, 0.15) is 18.4 Å². The maximum absolute atomic E-state index is 12.6. The third-order valence-corrected chi connectivity index (χ3v) is 5.33. The summed E-state index contributed by atoms with van der Waals surface area (Å²) >= 11 is 0. The predicted octanol–water partition coefficient (Wildman–Crippen LogP) is 2.99. The highest BCUT2D eigenvalue weighted by atomic mass is 16.5. The first-order chi connectivity index (χ1) is 14.3. The van der Waals surface area contributed by atoms with E-state index < -0.39 is 0 Å². The molecule has 0 atom stereocenters. The Bertz CT molecular complexity index is 812. The molecule has 0 unspecified atom stereocenters. The van der Waals surface area contributed by atoms with Gasteiger partial charge in [-0.2, -0.15) is 0 Å². The summed E-state index contributed by atoms with van der Waals surface area (Å²) in [7, 11) is 0. The summed E-state index contributed by atoms with van der Waals surface area (Å²) in [6.07, 6.45) is 1.94. The number of anilines is 1. The lowest BCUT2D eigenvalue weighted by molar-refractivity contribution is -0.117. The molecule has 0 aliphatic carbocycles. The number of nitrogens with zero attached hydrogens (tertiary/aromatic N) is 2. The number of hydrogen-bond donors (Lipinski definition) is 1. The van der Waals surface area contributed by atoms with E-state index in [2.05, 4.69) is 45.4 Å². The van der Waals surface area contributed by atoms with Gasteiger partial charge in [-0.1, -0.05) is 30.3 Å². The largest absolute Gasteiger partial charge is 0.490 e. The third kappa shape index (κ3) is 5.71. The van der Waals surface area contributed by atoms with Gasteiger partial charge in [-0.25, -0.2) is 0 Å². The van der Waals surface area contributed by atoms with Crippen molar-refractivity contribution in [3.63, 3.8) is 0 Å². The van der Waals surface area contributed by atoms with E-state index >= 15 is 0 Å². The van der Waals surface area contributed by atoms with Crippen LogP contribution in [0, 0.1) is 0 Å².